The molecule has 0 aliphatic carbocycles. The highest BCUT2D eigenvalue weighted by Crippen LogP contribution is 2.06. The van der Waals surface area contributed by atoms with Gasteiger partial charge in [0.05, 0.1) is 12.5 Å². The SMILES string of the molecule is CC(C)C(NC(=O)C(N)CCC(N)=O)C(=O)NC(CC(N)=O)C(=O)NC(CS)C(=O)O. The standard InChI is InChI=1S/C17H30N6O7S/c1-7(2)13(23-14(26)8(18)3-4-11(19)24)16(28)21-9(5-12(20)25)15(27)22-10(6-31)17(29)30/h7-10,13,31H,3-6,18H2,1-2H3,(H2,19,24)(H2,20,25)(H,21,28)(H,22,27)(H,23,26)(H,29,30). The number of nitrogens with two attached hydrogens (primary N) is 3. The Hall–Kier alpha value is -2.87. The maximum Gasteiger partial charge on any atom is 0.327 e. The predicted octanol–water partition coefficient (Wildman–Crippen LogP) is -3.42. The number of nitrogens with one attached hydrogen (secondary N) is 3. The number of hydrogen-bond acceptors (Lipinski definition) is 8. The topological polar surface area (TPSA) is 237 Å². The molecule has 0 heterocycles. The monoisotopic (exact) mass is 462 g/mol. The first kappa shape index (κ1) is 28.1. The van der Waals surface area contributed by atoms with Crippen LogP contribution in [0.3, 0.4) is 0 Å². The van der Waals surface area contributed by atoms with Crippen molar-refractivity contribution >= 4 is 48.1 Å². The minimum atomic E-state index is -1.48. The van der Waals surface area contributed by atoms with E-state index in [0.29, 0.717) is 0 Å². The molecule has 0 rings (SSSR count). The van der Waals surface area contributed by atoms with Gasteiger partial charge < -0.3 is 38.3 Å². The van der Waals surface area contributed by atoms with Crippen molar-refractivity contribution < 1.29 is 33.9 Å². The van der Waals surface area contributed by atoms with E-state index in [0.717, 1.165) is 0 Å². The molecule has 10 N–H and O–H groups in total. The van der Waals surface area contributed by atoms with Gasteiger partial charge >= 0.3 is 5.97 Å². The molecule has 4 atom stereocenters. The maximum absolute atomic E-state index is 12.7. The Labute approximate surface area is 184 Å². The lowest BCUT2D eigenvalue weighted by Gasteiger charge is -2.26. The molecule has 31 heavy (non-hydrogen) atoms. The fraction of sp³-hybridized carbons (Fsp3) is 0.647. The van der Waals surface area contributed by atoms with E-state index in [1.807, 2.05) is 0 Å². The number of hydrogen-bond donors (Lipinski definition) is 8. The number of thiol groups is 1. The fourth-order valence-corrected chi connectivity index (χ4v) is 2.60. The van der Waals surface area contributed by atoms with E-state index in [-0.39, 0.29) is 18.6 Å². The molecular formula is C17H30N6O7S. The molecule has 13 nitrogen and oxygen atoms in total. The molecule has 0 aromatic rings. The van der Waals surface area contributed by atoms with Crippen molar-refractivity contribution in [1.82, 2.24) is 16.0 Å². The van der Waals surface area contributed by atoms with Crippen LogP contribution in [0.5, 0.6) is 0 Å². The van der Waals surface area contributed by atoms with Gasteiger partial charge in [0.2, 0.25) is 29.5 Å². The predicted molar refractivity (Wildman–Crippen MR) is 112 cm³/mol. The van der Waals surface area contributed by atoms with Crippen LogP contribution in [0.1, 0.15) is 33.1 Å². The second-order valence-corrected chi connectivity index (χ2v) is 7.52. The van der Waals surface area contributed by atoms with E-state index in [2.05, 4.69) is 28.6 Å². The van der Waals surface area contributed by atoms with Crippen LogP contribution in [0.25, 0.3) is 0 Å². The lowest BCUT2D eigenvalue weighted by atomic mass is 10.0. The summed E-state index contributed by atoms with van der Waals surface area (Å²) in [6, 6.07) is -5.08. The fourth-order valence-electron chi connectivity index (χ4n) is 2.35. The summed E-state index contributed by atoms with van der Waals surface area (Å²) in [6.07, 6.45) is -0.752. The summed E-state index contributed by atoms with van der Waals surface area (Å²) in [5.74, 6) is -6.08. The molecule has 0 spiro atoms. The van der Waals surface area contributed by atoms with Crippen LogP contribution in [-0.2, 0) is 28.8 Å². The quantitative estimate of drug-likeness (QED) is 0.121. The molecule has 0 radical (unpaired) electrons. The van der Waals surface area contributed by atoms with Gasteiger partial charge in [-0.1, -0.05) is 13.8 Å². The van der Waals surface area contributed by atoms with Gasteiger partial charge in [0, 0.05) is 12.2 Å². The number of carbonyl (C=O) groups excluding carboxylic acids is 5. The highest BCUT2D eigenvalue weighted by atomic mass is 32.1. The van der Waals surface area contributed by atoms with E-state index in [9.17, 15) is 28.8 Å². The summed E-state index contributed by atoms with van der Waals surface area (Å²) in [4.78, 5) is 70.5. The van der Waals surface area contributed by atoms with Gasteiger partial charge in [0.15, 0.2) is 0 Å². The average molecular weight is 463 g/mol. The van der Waals surface area contributed by atoms with E-state index in [1.54, 1.807) is 13.8 Å². The van der Waals surface area contributed by atoms with Gasteiger partial charge in [-0.2, -0.15) is 12.6 Å². The molecule has 4 unspecified atom stereocenters. The van der Waals surface area contributed by atoms with Crippen molar-refractivity contribution in [1.29, 1.82) is 0 Å². The lowest BCUT2D eigenvalue weighted by molar-refractivity contribution is -0.141. The molecule has 5 amide bonds. The third-order valence-corrected chi connectivity index (χ3v) is 4.49. The van der Waals surface area contributed by atoms with Gasteiger partial charge in [-0.15, -0.1) is 0 Å². The average Bonchev–Trinajstić information content (AvgIpc) is 2.66. The largest absolute Gasteiger partial charge is 0.480 e. The lowest BCUT2D eigenvalue weighted by Crippen LogP contribution is -2.59. The third-order valence-electron chi connectivity index (χ3n) is 4.12. The van der Waals surface area contributed by atoms with E-state index in [4.69, 9.17) is 22.3 Å². The zero-order valence-corrected chi connectivity index (χ0v) is 18.2. The molecule has 14 heteroatoms. The zero-order chi connectivity index (χ0) is 24.3. The Morgan fingerprint density at radius 3 is 1.84 bits per heavy atom. The van der Waals surface area contributed by atoms with Crippen molar-refractivity contribution in [3.63, 3.8) is 0 Å². The van der Waals surface area contributed by atoms with Crippen molar-refractivity contribution in [2.75, 3.05) is 5.75 Å². The van der Waals surface area contributed by atoms with Crippen molar-refractivity contribution in [2.24, 2.45) is 23.1 Å². The summed E-state index contributed by atoms with van der Waals surface area (Å²) in [7, 11) is 0. The number of aliphatic carboxylic acids is 1. The Balaban J connectivity index is 5.33. The summed E-state index contributed by atoms with van der Waals surface area (Å²) in [5.41, 5.74) is 15.8. The van der Waals surface area contributed by atoms with Gasteiger partial charge in [0.1, 0.15) is 18.1 Å². The number of rotatable bonds is 14. The second kappa shape index (κ2) is 13.4. The van der Waals surface area contributed by atoms with Gasteiger partial charge in [-0.3, -0.25) is 24.0 Å². The molecule has 0 saturated carbocycles. The maximum atomic E-state index is 12.7. The summed E-state index contributed by atoms with van der Waals surface area (Å²) >= 11 is 3.82. The summed E-state index contributed by atoms with van der Waals surface area (Å²) < 4.78 is 0. The Morgan fingerprint density at radius 1 is 0.871 bits per heavy atom. The van der Waals surface area contributed by atoms with Gasteiger partial charge in [0.25, 0.3) is 0 Å². The minimum absolute atomic E-state index is 0.0272. The highest BCUT2D eigenvalue weighted by Gasteiger charge is 2.32. The van der Waals surface area contributed by atoms with Crippen LogP contribution in [-0.4, -0.2) is 70.5 Å². The zero-order valence-electron chi connectivity index (χ0n) is 17.3. The number of primary amides is 2. The Bertz CT molecular complexity index is 702. The Kier molecular flexibility index (Phi) is 12.2. The van der Waals surface area contributed by atoms with Crippen molar-refractivity contribution in [3.8, 4) is 0 Å². The molecule has 0 aromatic carbocycles. The molecule has 0 aliphatic rings. The molecule has 0 fully saturated rings. The molecule has 176 valence electrons. The van der Waals surface area contributed by atoms with Gasteiger partial charge in [-0.25, -0.2) is 4.79 Å². The summed E-state index contributed by atoms with van der Waals surface area (Å²) in [6.45, 7) is 3.23. The second-order valence-electron chi connectivity index (χ2n) is 7.16. The molecule has 0 aromatic heterocycles. The molecule has 0 bridgehead atoms. The van der Waals surface area contributed by atoms with Crippen LogP contribution in [0, 0.1) is 5.92 Å². The first-order chi connectivity index (χ1) is 14.3. The van der Waals surface area contributed by atoms with Crippen LogP contribution < -0.4 is 33.2 Å². The molecular weight excluding hydrogens is 432 g/mol. The number of carbonyl (C=O) groups is 6. The first-order valence-corrected chi connectivity index (χ1v) is 10.00. The first-order valence-electron chi connectivity index (χ1n) is 9.37. The van der Waals surface area contributed by atoms with E-state index < -0.39 is 72.0 Å². The highest BCUT2D eigenvalue weighted by molar-refractivity contribution is 7.80. The van der Waals surface area contributed by atoms with Crippen molar-refractivity contribution in [3.05, 3.63) is 0 Å². The number of carboxylic acids is 1. The molecule has 0 aliphatic heterocycles. The van der Waals surface area contributed by atoms with Crippen LogP contribution in [0.2, 0.25) is 0 Å². The summed E-state index contributed by atoms with van der Waals surface area (Å²) in [5, 5.41) is 15.9. The third kappa shape index (κ3) is 10.6. The number of amides is 5. The Morgan fingerprint density at radius 2 is 1.42 bits per heavy atom. The molecule has 0 saturated heterocycles. The smallest absolute Gasteiger partial charge is 0.327 e. The van der Waals surface area contributed by atoms with E-state index >= 15 is 0 Å². The normalized spacial score (nSPS) is 14.6. The van der Waals surface area contributed by atoms with Gasteiger partial charge in [-0.05, 0) is 12.3 Å². The minimum Gasteiger partial charge on any atom is -0.480 e. The van der Waals surface area contributed by atoms with Crippen LogP contribution >= 0.6 is 12.6 Å². The van der Waals surface area contributed by atoms with Crippen LogP contribution in [0.15, 0.2) is 0 Å². The number of carboxylic acid groups (broad SMARTS) is 1. The van der Waals surface area contributed by atoms with Crippen LogP contribution in [0.4, 0.5) is 0 Å². The van der Waals surface area contributed by atoms with Crippen molar-refractivity contribution in [2.45, 2.75) is 57.3 Å². The van der Waals surface area contributed by atoms with E-state index in [1.165, 1.54) is 0 Å².